The largest absolute Gasteiger partial charge is 0.493 e. The van der Waals surface area contributed by atoms with E-state index in [1.165, 1.54) is 29.4 Å². The van der Waals surface area contributed by atoms with Crippen molar-refractivity contribution in [2.24, 2.45) is 5.92 Å². The number of methoxy groups -OCH3 is 1. The molecule has 1 aromatic heterocycles. The second kappa shape index (κ2) is 6.83. The molecule has 5 heteroatoms. The molecule has 186 valence electrons. The van der Waals surface area contributed by atoms with E-state index in [0.717, 1.165) is 70.9 Å². The molecule has 0 unspecified atom stereocenters. The van der Waals surface area contributed by atoms with Gasteiger partial charge in [-0.1, -0.05) is 42.5 Å². The SMILES string of the molecule is COc1ccc2c3c1O[C@H]1c4nc5c(ccc6ccccc65)cc4C[C@@]4(O)[C@@H](C2)N(CC2CC2)CC[C@]314. The van der Waals surface area contributed by atoms with Crippen molar-refractivity contribution in [3.8, 4) is 11.5 Å². The zero-order valence-electron chi connectivity index (χ0n) is 21.0. The van der Waals surface area contributed by atoms with Gasteiger partial charge in [-0.3, -0.25) is 4.90 Å². The molecule has 5 aliphatic rings. The molecule has 9 rings (SSSR count). The molecule has 2 bridgehead atoms. The summed E-state index contributed by atoms with van der Waals surface area (Å²) in [6.45, 7) is 2.09. The molecule has 2 fully saturated rings. The molecule has 1 N–H and O–H groups in total. The Hall–Kier alpha value is -3.15. The summed E-state index contributed by atoms with van der Waals surface area (Å²) in [6, 6.07) is 19.4. The van der Waals surface area contributed by atoms with Crippen LogP contribution in [0.2, 0.25) is 0 Å². The molecule has 4 atom stereocenters. The predicted octanol–water partition coefficient (Wildman–Crippen LogP) is 5.10. The maximum Gasteiger partial charge on any atom is 0.166 e. The van der Waals surface area contributed by atoms with Gasteiger partial charge in [0.2, 0.25) is 0 Å². The van der Waals surface area contributed by atoms with Crippen molar-refractivity contribution in [1.29, 1.82) is 0 Å². The minimum absolute atomic E-state index is 0.0836. The summed E-state index contributed by atoms with van der Waals surface area (Å²) in [6.07, 6.45) is 4.67. The molecule has 4 aromatic rings. The topological polar surface area (TPSA) is 54.8 Å². The molecule has 37 heavy (non-hydrogen) atoms. The maximum atomic E-state index is 13.0. The molecule has 2 aliphatic heterocycles. The maximum absolute atomic E-state index is 13.0. The van der Waals surface area contributed by atoms with Crippen LogP contribution in [0.1, 0.15) is 47.8 Å². The van der Waals surface area contributed by atoms with Crippen molar-refractivity contribution in [3.05, 3.63) is 77.0 Å². The number of aliphatic hydroxyl groups is 1. The van der Waals surface area contributed by atoms with Crippen LogP contribution in [-0.4, -0.2) is 46.8 Å². The predicted molar refractivity (Wildman–Crippen MR) is 142 cm³/mol. The van der Waals surface area contributed by atoms with Crippen LogP contribution in [0.3, 0.4) is 0 Å². The first kappa shape index (κ1) is 20.9. The number of nitrogens with zero attached hydrogens (tertiary/aromatic N) is 2. The molecule has 0 radical (unpaired) electrons. The van der Waals surface area contributed by atoms with Crippen molar-refractivity contribution >= 4 is 21.7 Å². The van der Waals surface area contributed by atoms with Crippen LogP contribution >= 0.6 is 0 Å². The van der Waals surface area contributed by atoms with Crippen LogP contribution in [0.15, 0.2) is 54.6 Å². The smallest absolute Gasteiger partial charge is 0.166 e. The number of hydrogen-bond acceptors (Lipinski definition) is 5. The molecule has 5 nitrogen and oxygen atoms in total. The number of piperidine rings is 1. The minimum Gasteiger partial charge on any atom is -0.493 e. The highest BCUT2D eigenvalue weighted by Gasteiger charge is 2.72. The van der Waals surface area contributed by atoms with Crippen molar-refractivity contribution in [3.63, 3.8) is 0 Å². The molecular formula is C32H30N2O3. The quantitative estimate of drug-likeness (QED) is 0.405. The number of fused-ring (bicyclic) bond motifs is 5. The minimum atomic E-state index is -0.908. The van der Waals surface area contributed by atoms with Gasteiger partial charge in [-0.2, -0.15) is 0 Å². The lowest BCUT2D eigenvalue weighted by Crippen LogP contribution is -2.74. The van der Waals surface area contributed by atoms with Crippen LogP contribution in [0.25, 0.3) is 21.7 Å². The van der Waals surface area contributed by atoms with Crippen molar-refractivity contribution < 1.29 is 14.6 Å². The Labute approximate surface area is 216 Å². The molecule has 3 aliphatic carbocycles. The zero-order chi connectivity index (χ0) is 24.5. The third-order valence-corrected chi connectivity index (χ3v) is 10.2. The third-order valence-electron chi connectivity index (χ3n) is 10.2. The van der Waals surface area contributed by atoms with Gasteiger partial charge in [0.15, 0.2) is 17.6 Å². The Morgan fingerprint density at radius 3 is 2.81 bits per heavy atom. The number of benzene rings is 3. The standard InChI is InChI=1S/C32H30N2O3/c1-36-24-11-10-20-15-25-32(35)16-22-14-21-9-8-19-4-2-3-5-23(19)27(21)33-28(22)30-31(32,26(20)29(24)37-30)12-13-34(25)17-18-6-7-18/h2-5,8-11,14,18,25,30,35H,6-7,12-13,15-17H2,1H3/t25-,30+,31+,32-/m1/s1. The molecule has 1 saturated heterocycles. The fourth-order valence-corrected chi connectivity index (χ4v) is 8.43. The molecule has 1 saturated carbocycles. The van der Waals surface area contributed by atoms with Crippen LogP contribution in [-0.2, 0) is 18.3 Å². The number of rotatable bonds is 3. The second-order valence-corrected chi connectivity index (χ2v) is 12.0. The Kier molecular flexibility index (Phi) is 3.85. The van der Waals surface area contributed by atoms with E-state index >= 15 is 0 Å². The van der Waals surface area contributed by atoms with E-state index < -0.39 is 11.0 Å². The first-order valence-electron chi connectivity index (χ1n) is 13.8. The van der Waals surface area contributed by atoms with E-state index in [1.54, 1.807) is 7.11 Å². The van der Waals surface area contributed by atoms with E-state index in [4.69, 9.17) is 14.5 Å². The summed E-state index contributed by atoms with van der Waals surface area (Å²) in [5, 5.41) is 16.5. The van der Waals surface area contributed by atoms with Gasteiger partial charge in [-0.15, -0.1) is 0 Å². The fraction of sp³-hybridized carbons (Fsp3) is 0.406. The first-order chi connectivity index (χ1) is 18.1. The summed E-state index contributed by atoms with van der Waals surface area (Å²) in [7, 11) is 1.71. The van der Waals surface area contributed by atoms with Gasteiger partial charge < -0.3 is 14.6 Å². The average Bonchev–Trinajstić information content (AvgIpc) is 3.66. The molecule has 3 heterocycles. The number of ether oxygens (including phenoxy) is 2. The number of aromatic nitrogens is 1. The van der Waals surface area contributed by atoms with Crippen LogP contribution < -0.4 is 9.47 Å². The van der Waals surface area contributed by atoms with E-state index in [2.05, 4.69) is 59.5 Å². The van der Waals surface area contributed by atoms with E-state index in [-0.39, 0.29) is 12.1 Å². The number of likely N-dealkylation sites (tertiary alicyclic amines) is 1. The molecule has 0 amide bonds. The van der Waals surface area contributed by atoms with Gasteiger partial charge >= 0.3 is 0 Å². The van der Waals surface area contributed by atoms with Gasteiger partial charge in [-0.25, -0.2) is 4.98 Å². The highest BCUT2D eigenvalue weighted by molar-refractivity contribution is 6.05. The molecule has 1 spiro atoms. The first-order valence-corrected chi connectivity index (χ1v) is 13.8. The van der Waals surface area contributed by atoms with Crippen LogP contribution in [0, 0.1) is 5.92 Å². The number of hydrogen-bond donors (Lipinski definition) is 1. The number of pyridine rings is 1. The Bertz CT molecular complexity index is 1640. The van der Waals surface area contributed by atoms with E-state index in [9.17, 15) is 5.11 Å². The zero-order valence-corrected chi connectivity index (χ0v) is 21.0. The van der Waals surface area contributed by atoms with Crippen molar-refractivity contribution in [1.82, 2.24) is 9.88 Å². The van der Waals surface area contributed by atoms with Crippen LogP contribution in [0.4, 0.5) is 0 Å². The van der Waals surface area contributed by atoms with Crippen molar-refractivity contribution in [2.75, 3.05) is 20.2 Å². The summed E-state index contributed by atoms with van der Waals surface area (Å²) >= 11 is 0. The van der Waals surface area contributed by atoms with Gasteiger partial charge in [0.1, 0.15) is 0 Å². The average molecular weight is 491 g/mol. The van der Waals surface area contributed by atoms with Gasteiger partial charge in [0, 0.05) is 35.3 Å². The van der Waals surface area contributed by atoms with Gasteiger partial charge in [-0.05, 0) is 66.8 Å². The third kappa shape index (κ3) is 2.45. The monoisotopic (exact) mass is 490 g/mol. The summed E-state index contributed by atoms with van der Waals surface area (Å²) < 4.78 is 12.7. The molecule has 3 aromatic carbocycles. The Morgan fingerprint density at radius 2 is 1.95 bits per heavy atom. The van der Waals surface area contributed by atoms with E-state index in [0.29, 0.717) is 6.42 Å². The Balaban J connectivity index is 1.32. The highest BCUT2D eigenvalue weighted by Crippen LogP contribution is 2.68. The lowest BCUT2D eigenvalue weighted by atomic mass is 9.49. The van der Waals surface area contributed by atoms with Gasteiger partial charge in [0.05, 0.1) is 29.3 Å². The fourth-order valence-electron chi connectivity index (χ4n) is 8.43. The lowest BCUT2D eigenvalue weighted by molar-refractivity contribution is -0.173. The highest BCUT2D eigenvalue weighted by atomic mass is 16.5. The summed E-state index contributed by atoms with van der Waals surface area (Å²) in [5.74, 6) is 2.37. The van der Waals surface area contributed by atoms with E-state index in [1.807, 2.05) is 0 Å². The lowest BCUT2D eigenvalue weighted by Gasteiger charge is -2.63. The summed E-state index contributed by atoms with van der Waals surface area (Å²) in [4.78, 5) is 7.98. The second-order valence-electron chi connectivity index (χ2n) is 12.0. The van der Waals surface area contributed by atoms with Gasteiger partial charge in [0.25, 0.3) is 0 Å². The Morgan fingerprint density at radius 1 is 1.08 bits per heavy atom. The van der Waals surface area contributed by atoms with Crippen LogP contribution in [0.5, 0.6) is 11.5 Å². The molecular weight excluding hydrogens is 460 g/mol. The normalized spacial score (nSPS) is 31.2. The van der Waals surface area contributed by atoms with Crippen molar-refractivity contribution in [2.45, 2.75) is 55.3 Å². The summed E-state index contributed by atoms with van der Waals surface area (Å²) in [5.41, 5.74) is 4.22.